The summed E-state index contributed by atoms with van der Waals surface area (Å²) in [5, 5.41) is 37.1. The number of phenolic OH excluding ortho intramolecular Hbond substituents is 1. The van der Waals surface area contributed by atoms with Crippen molar-refractivity contribution in [1.82, 2.24) is 15.7 Å². The monoisotopic (exact) mass is 763 g/mol. The molecule has 3 aliphatic heterocycles. The van der Waals surface area contributed by atoms with Gasteiger partial charge < -0.3 is 40.2 Å². The quantitative estimate of drug-likeness (QED) is 0.103. The first-order chi connectivity index (χ1) is 26.6. The molecule has 3 heterocycles. The van der Waals surface area contributed by atoms with Gasteiger partial charge in [-0.05, 0) is 48.9 Å². The van der Waals surface area contributed by atoms with E-state index < -0.39 is 71.6 Å². The standard InChI is InChI=1S/C42H57N3O10/c1-4-6-12-21-41(22-13-7-5-2)53-34-32-25-42(40(51)44-33(27(3)47)38(49)43-23-24-46)36(39(50)52-32)45(55-37(42)35(34)54-41)26-30-17-9-8-15-28(30)18-14-19-29-16-10-11-20-31(29)48/h8-11,14-18,20,27,32-37,46-48H,4-7,12-13,19,21-26H2,1-3H3,(H,43,49)(H,44,51)/t27-,32?,33+,34-,35-,36-,37+,42?/m0/s1. The number of hydroxylamine groups is 2. The van der Waals surface area contributed by atoms with Gasteiger partial charge >= 0.3 is 5.97 Å². The summed E-state index contributed by atoms with van der Waals surface area (Å²) < 4.78 is 20.0. The number of rotatable bonds is 19. The summed E-state index contributed by atoms with van der Waals surface area (Å²) in [4.78, 5) is 49.1. The van der Waals surface area contributed by atoms with Gasteiger partial charge in [-0.25, -0.2) is 0 Å². The number of fused-ring (bicyclic) bond motifs is 4. The summed E-state index contributed by atoms with van der Waals surface area (Å²) in [5.74, 6) is -2.67. The number of carbonyl (C=O) groups is 3. The van der Waals surface area contributed by atoms with Gasteiger partial charge in [0.1, 0.15) is 41.6 Å². The maximum Gasteiger partial charge on any atom is 0.327 e. The van der Waals surface area contributed by atoms with Crippen LogP contribution in [0.5, 0.6) is 5.75 Å². The number of phenols is 1. The number of hydrogen-bond donors (Lipinski definition) is 5. The van der Waals surface area contributed by atoms with Gasteiger partial charge in [0.05, 0.1) is 19.3 Å². The molecule has 13 heteroatoms. The molecule has 3 saturated heterocycles. The predicted octanol–water partition coefficient (Wildman–Crippen LogP) is 4.06. The Labute approximate surface area is 323 Å². The molecule has 13 nitrogen and oxygen atoms in total. The smallest absolute Gasteiger partial charge is 0.327 e. The average Bonchev–Trinajstić information content (AvgIpc) is 3.72. The number of aromatic hydroxyl groups is 1. The van der Waals surface area contributed by atoms with Crippen LogP contribution in [-0.4, -0.2) is 99.7 Å². The number of esters is 1. The lowest BCUT2D eigenvalue weighted by Gasteiger charge is -2.49. The van der Waals surface area contributed by atoms with Gasteiger partial charge in [0.2, 0.25) is 11.8 Å². The zero-order chi connectivity index (χ0) is 39.2. The van der Waals surface area contributed by atoms with Crippen LogP contribution in [0.25, 0.3) is 6.08 Å². The lowest BCUT2D eigenvalue weighted by molar-refractivity contribution is -0.224. The number of benzene rings is 2. The van der Waals surface area contributed by atoms with Crippen LogP contribution in [-0.2, 0) is 46.4 Å². The van der Waals surface area contributed by atoms with Crippen LogP contribution in [0.2, 0.25) is 0 Å². The van der Waals surface area contributed by atoms with Crippen molar-refractivity contribution >= 4 is 23.9 Å². The fraction of sp³-hybridized carbons (Fsp3) is 0.595. The van der Waals surface area contributed by atoms with Crippen molar-refractivity contribution in [3.8, 4) is 5.75 Å². The Balaban J connectivity index is 1.35. The highest BCUT2D eigenvalue weighted by Gasteiger charge is 2.76. The molecule has 8 atom stereocenters. The van der Waals surface area contributed by atoms with Crippen molar-refractivity contribution in [2.24, 2.45) is 5.41 Å². The summed E-state index contributed by atoms with van der Waals surface area (Å²) in [6.45, 7) is 5.40. The van der Waals surface area contributed by atoms with Gasteiger partial charge in [-0.15, -0.1) is 0 Å². The maximum absolute atomic E-state index is 14.9. The highest BCUT2D eigenvalue weighted by Crippen LogP contribution is 2.58. The molecule has 55 heavy (non-hydrogen) atoms. The van der Waals surface area contributed by atoms with E-state index in [2.05, 4.69) is 24.5 Å². The molecule has 0 spiro atoms. The predicted molar refractivity (Wildman–Crippen MR) is 203 cm³/mol. The van der Waals surface area contributed by atoms with Gasteiger partial charge in [-0.3, -0.25) is 19.2 Å². The number of para-hydroxylation sites is 1. The number of allylic oxidation sites excluding steroid dienone is 1. The molecular formula is C42H57N3O10. The molecule has 4 aliphatic rings. The third-order valence-electron chi connectivity index (χ3n) is 11.5. The molecule has 300 valence electrons. The van der Waals surface area contributed by atoms with E-state index in [1.165, 1.54) is 12.0 Å². The number of hydrogen-bond acceptors (Lipinski definition) is 11. The number of aliphatic hydroxyl groups excluding tert-OH is 2. The molecule has 2 amide bonds. The van der Waals surface area contributed by atoms with Crippen molar-refractivity contribution in [2.75, 3.05) is 13.2 Å². The first kappa shape index (κ1) is 40.8. The Morgan fingerprint density at radius 2 is 1.65 bits per heavy atom. The zero-order valence-electron chi connectivity index (χ0n) is 32.2. The zero-order valence-corrected chi connectivity index (χ0v) is 32.2. The third-order valence-corrected chi connectivity index (χ3v) is 11.5. The van der Waals surface area contributed by atoms with Crippen LogP contribution in [0.1, 0.15) is 95.2 Å². The van der Waals surface area contributed by atoms with E-state index in [-0.39, 0.29) is 31.9 Å². The van der Waals surface area contributed by atoms with E-state index in [0.29, 0.717) is 19.3 Å². The molecule has 2 unspecified atom stereocenters. The van der Waals surface area contributed by atoms with Crippen LogP contribution in [0.15, 0.2) is 54.6 Å². The summed E-state index contributed by atoms with van der Waals surface area (Å²) in [6, 6.07) is 12.2. The van der Waals surface area contributed by atoms with Crippen molar-refractivity contribution in [2.45, 2.75) is 140 Å². The molecule has 0 radical (unpaired) electrons. The van der Waals surface area contributed by atoms with E-state index in [1.54, 1.807) is 12.1 Å². The normalized spacial score (nSPS) is 27.7. The number of unbranched alkanes of at least 4 members (excludes halogenated alkanes) is 4. The van der Waals surface area contributed by atoms with Gasteiger partial charge in [0.15, 0.2) is 11.8 Å². The van der Waals surface area contributed by atoms with Crippen LogP contribution >= 0.6 is 0 Å². The van der Waals surface area contributed by atoms with E-state index in [0.717, 1.165) is 55.2 Å². The molecule has 2 aromatic carbocycles. The SMILES string of the molecule is CCCCCC1(CCCCC)O[C@@H]2[C@H]3ON(Cc4ccccc4C=CCc4ccccc4O)[C@H]4C(=O)OC(CC34C(=O)N[C@@H](C(=O)NCCO)[C@H](C)O)[C@@H]2O1. The molecule has 6 rings (SSSR count). The second kappa shape index (κ2) is 18.0. The Hall–Kier alpha value is -3.85. The van der Waals surface area contributed by atoms with Crippen molar-refractivity contribution in [1.29, 1.82) is 0 Å². The first-order valence-corrected chi connectivity index (χ1v) is 20.0. The lowest BCUT2D eigenvalue weighted by Crippen LogP contribution is -2.71. The molecular weight excluding hydrogens is 706 g/mol. The first-order valence-electron chi connectivity index (χ1n) is 20.0. The maximum atomic E-state index is 14.9. The number of nitrogens with one attached hydrogen (secondary N) is 2. The van der Waals surface area contributed by atoms with Gasteiger partial charge in [-0.2, -0.15) is 5.06 Å². The van der Waals surface area contributed by atoms with Gasteiger partial charge in [0.25, 0.3) is 0 Å². The number of carbonyl (C=O) groups excluding carboxylic acids is 3. The fourth-order valence-corrected chi connectivity index (χ4v) is 8.67. The van der Waals surface area contributed by atoms with Crippen LogP contribution in [0.3, 0.4) is 0 Å². The van der Waals surface area contributed by atoms with E-state index >= 15 is 0 Å². The minimum Gasteiger partial charge on any atom is -0.508 e. The fourth-order valence-electron chi connectivity index (χ4n) is 8.67. The molecule has 0 aromatic heterocycles. The number of ether oxygens (including phenoxy) is 3. The Kier molecular flexibility index (Phi) is 13.3. The van der Waals surface area contributed by atoms with Crippen molar-refractivity contribution in [3.63, 3.8) is 0 Å². The average molecular weight is 764 g/mol. The van der Waals surface area contributed by atoms with Crippen molar-refractivity contribution < 1.29 is 48.8 Å². The number of amides is 2. The molecule has 5 N–H and O–H groups in total. The van der Waals surface area contributed by atoms with E-state index in [9.17, 15) is 29.7 Å². The summed E-state index contributed by atoms with van der Waals surface area (Å²) in [6.07, 6.45) is 7.03. The molecule has 2 aromatic rings. The van der Waals surface area contributed by atoms with E-state index in [4.69, 9.17) is 19.0 Å². The molecule has 2 bridgehead atoms. The third kappa shape index (κ3) is 8.47. The lowest BCUT2D eigenvalue weighted by atomic mass is 9.62. The Morgan fingerprint density at radius 1 is 0.982 bits per heavy atom. The number of aliphatic hydroxyl groups is 2. The highest BCUT2D eigenvalue weighted by atomic mass is 16.8. The Morgan fingerprint density at radius 3 is 2.33 bits per heavy atom. The van der Waals surface area contributed by atoms with Crippen LogP contribution in [0, 0.1) is 5.41 Å². The van der Waals surface area contributed by atoms with E-state index in [1.807, 2.05) is 48.6 Å². The highest BCUT2D eigenvalue weighted by molar-refractivity contribution is 5.96. The summed E-state index contributed by atoms with van der Waals surface area (Å²) >= 11 is 0. The summed E-state index contributed by atoms with van der Waals surface area (Å²) in [5.41, 5.74) is 0.896. The van der Waals surface area contributed by atoms with Gasteiger partial charge in [0, 0.05) is 25.8 Å². The second-order valence-electron chi connectivity index (χ2n) is 15.4. The number of nitrogens with zero attached hydrogens (tertiary/aromatic N) is 1. The van der Waals surface area contributed by atoms with Crippen LogP contribution in [0.4, 0.5) is 0 Å². The minimum absolute atomic E-state index is 0.0625. The van der Waals surface area contributed by atoms with Gasteiger partial charge in [-0.1, -0.05) is 94.1 Å². The largest absolute Gasteiger partial charge is 0.508 e. The minimum atomic E-state index is -1.56. The van der Waals surface area contributed by atoms with Crippen LogP contribution < -0.4 is 10.6 Å². The second-order valence-corrected chi connectivity index (χ2v) is 15.4. The molecule has 1 aliphatic carbocycles. The topological polar surface area (TPSA) is 176 Å². The Bertz CT molecular complexity index is 1670. The molecule has 1 saturated carbocycles. The van der Waals surface area contributed by atoms with Crippen molar-refractivity contribution in [3.05, 3.63) is 71.3 Å². The summed E-state index contributed by atoms with van der Waals surface area (Å²) in [7, 11) is 0. The molecule has 4 fully saturated rings.